The molecule has 3 atom stereocenters. The zero-order chi connectivity index (χ0) is 13.5. The van der Waals surface area contributed by atoms with E-state index in [9.17, 15) is 5.26 Å². The summed E-state index contributed by atoms with van der Waals surface area (Å²) in [6.07, 6.45) is 4.06. The number of aliphatic hydroxyl groups is 1. The van der Waals surface area contributed by atoms with Gasteiger partial charge in [0, 0.05) is 11.9 Å². The van der Waals surface area contributed by atoms with Gasteiger partial charge in [0.15, 0.2) is 0 Å². The summed E-state index contributed by atoms with van der Waals surface area (Å²) in [5, 5.41) is 18.6. The van der Waals surface area contributed by atoms with Gasteiger partial charge in [-0.2, -0.15) is 17.0 Å². The summed E-state index contributed by atoms with van der Waals surface area (Å²) in [6, 6.07) is 13.1. The van der Waals surface area contributed by atoms with Crippen molar-refractivity contribution in [2.45, 2.75) is 36.9 Å². The maximum Gasteiger partial charge on any atom is 0.0667 e. The molecule has 0 aliphatic heterocycles. The van der Waals surface area contributed by atoms with E-state index in [1.54, 1.807) is 0 Å². The Balaban J connectivity index is 1.97. The Morgan fingerprint density at radius 1 is 1.26 bits per heavy atom. The molecule has 1 fully saturated rings. The van der Waals surface area contributed by atoms with Gasteiger partial charge in [0.2, 0.25) is 0 Å². The van der Waals surface area contributed by atoms with Gasteiger partial charge in [-0.15, -0.1) is 0 Å². The molecule has 1 aliphatic carbocycles. The highest BCUT2D eigenvalue weighted by Crippen LogP contribution is 2.41. The largest absolute Gasteiger partial charge is 0.396 e. The minimum atomic E-state index is 0.184. The molecule has 0 amide bonds. The van der Waals surface area contributed by atoms with Crippen molar-refractivity contribution in [3.63, 3.8) is 0 Å². The van der Waals surface area contributed by atoms with Crippen LogP contribution in [0.25, 0.3) is 0 Å². The van der Waals surface area contributed by atoms with Crippen molar-refractivity contribution in [3.8, 4) is 6.07 Å². The molecule has 1 aromatic carbocycles. The van der Waals surface area contributed by atoms with Gasteiger partial charge in [0.1, 0.15) is 0 Å². The number of hydrogen-bond donors (Lipinski definition) is 1. The molecule has 3 unspecified atom stereocenters. The molecule has 0 radical (unpaired) electrons. The number of nitrogens with zero attached hydrogens (tertiary/aromatic N) is 1. The monoisotopic (exact) mass is 275 g/mol. The van der Waals surface area contributed by atoms with Gasteiger partial charge < -0.3 is 5.11 Å². The molecule has 1 aliphatic rings. The van der Waals surface area contributed by atoms with E-state index in [0.29, 0.717) is 11.2 Å². The van der Waals surface area contributed by atoms with Crippen molar-refractivity contribution in [1.82, 2.24) is 0 Å². The minimum Gasteiger partial charge on any atom is -0.396 e. The quantitative estimate of drug-likeness (QED) is 0.835. The van der Waals surface area contributed by atoms with Crippen molar-refractivity contribution in [2.75, 3.05) is 12.4 Å². The summed E-state index contributed by atoms with van der Waals surface area (Å²) < 4.78 is 0. The summed E-state index contributed by atoms with van der Waals surface area (Å²) >= 11 is 1.87. The van der Waals surface area contributed by atoms with E-state index in [0.717, 1.165) is 31.4 Å². The van der Waals surface area contributed by atoms with Gasteiger partial charge >= 0.3 is 0 Å². The van der Waals surface area contributed by atoms with Crippen LogP contribution < -0.4 is 0 Å². The molecule has 3 heteroatoms. The SMILES string of the molecule is N#CC1CCC(c2ccccc2)CC1SCCCO. The molecule has 102 valence electrons. The van der Waals surface area contributed by atoms with Crippen LogP contribution in [0.1, 0.15) is 37.2 Å². The first-order valence-corrected chi connectivity index (χ1v) is 8.07. The number of rotatable bonds is 5. The van der Waals surface area contributed by atoms with Crippen molar-refractivity contribution < 1.29 is 5.11 Å². The van der Waals surface area contributed by atoms with E-state index < -0.39 is 0 Å². The van der Waals surface area contributed by atoms with Gasteiger partial charge in [-0.05, 0) is 42.9 Å². The number of benzene rings is 1. The van der Waals surface area contributed by atoms with Gasteiger partial charge in [-0.1, -0.05) is 30.3 Å². The molecule has 19 heavy (non-hydrogen) atoms. The fourth-order valence-corrected chi connectivity index (χ4v) is 4.18. The summed E-state index contributed by atoms with van der Waals surface area (Å²) in [5.41, 5.74) is 1.41. The first-order valence-electron chi connectivity index (χ1n) is 7.02. The van der Waals surface area contributed by atoms with Crippen LogP contribution >= 0.6 is 11.8 Å². The lowest BCUT2D eigenvalue weighted by atomic mass is 9.79. The van der Waals surface area contributed by atoms with E-state index in [2.05, 4.69) is 36.4 Å². The van der Waals surface area contributed by atoms with Crippen molar-refractivity contribution in [3.05, 3.63) is 35.9 Å². The maximum atomic E-state index is 9.26. The summed E-state index contributed by atoms with van der Waals surface area (Å²) in [4.78, 5) is 0. The van der Waals surface area contributed by atoms with E-state index in [1.165, 1.54) is 5.56 Å². The van der Waals surface area contributed by atoms with Crippen LogP contribution in [0.4, 0.5) is 0 Å². The minimum absolute atomic E-state index is 0.184. The van der Waals surface area contributed by atoms with Gasteiger partial charge in [0.25, 0.3) is 0 Å². The first kappa shape index (κ1) is 14.4. The predicted molar refractivity (Wildman–Crippen MR) is 80.1 cm³/mol. The van der Waals surface area contributed by atoms with Crippen LogP contribution in [-0.2, 0) is 0 Å². The van der Waals surface area contributed by atoms with Crippen LogP contribution in [0.2, 0.25) is 0 Å². The lowest BCUT2D eigenvalue weighted by Gasteiger charge is -2.32. The fourth-order valence-electron chi connectivity index (χ4n) is 2.79. The summed E-state index contributed by atoms with van der Waals surface area (Å²) in [6.45, 7) is 0.249. The molecule has 0 aromatic heterocycles. The number of thioether (sulfide) groups is 1. The average molecular weight is 275 g/mol. The Labute approximate surface area is 119 Å². The molecular formula is C16H21NOS. The molecule has 2 nitrogen and oxygen atoms in total. The van der Waals surface area contributed by atoms with E-state index in [4.69, 9.17) is 5.11 Å². The molecule has 1 aromatic rings. The Bertz CT molecular complexity index is 415. The number of aliphatic hydroxyl groups excluding tert-OH is 1. The second-order valence-electron chi connectivity index (χ2n) is 5.14. The van der Waals surface area contributed by atoms with Crippen LogP contribution in [0.3, 0.4) is 0 Å². The molecule has 0 saturated heterocycles. The highest BCUT2D eigenvalue weighted by molar-refractivity contribution is 7.99. The van der Waals surface area contributed by atoms with Crippen LogP contribution in [0.5, 0.6) is 0 Å². The second-order valence-corrected chi connectivity index (χ2v) is 6.49. The lowest BCUT2D eigenvalue weighted by molar-refractivity contribution is 0.296. The molecule has 0 spiro atoms. The van der Waals surface area contributed by atoms with E-state index in [1.807, 2.05) is 11.8 Å². The second kappa shape index (κ2) is 7.57. The van der Waals surface area contributed by atoms with E-state index in [-0.39, 0.29) is 12.5 Å². The first-order chi connectivity index (χ1) is 9.35. The maximum absolute atomic E-state index is 9.26. The van der Waals surface area contributed by atoms with Crippen LogP contribution in [0, 0.1) is 17.2 Å². The zero-order valence-electron chi connectivity index (χ0n) is 11.2. The Kier molecular flexibility index (Phi) is 5.75. The third kappa shape index (κ3) is 3.99. The molecule has 0 bridgehead atoms. The third-order valence-corrected chi connectivity index (χ3v) is 5.34. The number of hydrogen-bond acceptors (Lipinski definition) is 3. The predicted octanol–water partition coefficient (Wildman–Crippen LogP) is 3.58. The Morgan fingerprint density at radius 2 is 2.05 bits per heavy atom. The van der Waals surface area contributed by atoms with Crippen molar-refractivity contribution in [2.24, 2.45) is 5.92 Å². The standard InChI is InChI=1S/C16H21NOS/c17-12-15-8-7-14(13-5-2-1-3-6-13)11-16(15)19-10-4-9-18/h1-3,5-6,14-16,18H,4,7-11H2. The van der Waals surface area contributed by atoms with Gasteiger partial charge in [0.05, 0.1) is 12.0 Å². The smallest absolute Gasteiger partial charge is 0.0667 e. The van der Waals surface area contributed by atoms with Crippen LogP contribution in [0.15, 0.2) is 30.3 Å². The zero-order valence-corrected chi connectivity index (χ0v) is 12.0. The van der Waals surface area contributed by atoms with Crippen molar-refractivity contribution in [1.29, 1.82) is 5.26 Å². The number of nitriles is 1. The molecule has 2 rings (SSSR count). The normalized spacial score (nSPS) is 26.8. The average Bonchev–Trinajstić information content (AvgIpc) is 2.48. The molecule has 1 saturated carbocycles. The van der Waals surface area contributed by atoms with Gasteiger partial charge in [-0.25, -0.2) is 0 Å². The van der Waals surface area contributed by atoms with Crippen LogP contribution in [-0.4, -0.2) is 22.7 Å². The molecule has 1 N–H and O–H groups in total. The summed E-state index contributed by atoms with van der Waals surface area (Å²) in [5.74, 6) is 1.74. The third-order valence-electron chi connectivity index (χ3n) is 3.86. The fraction of sp³-hybridized carbons (Fsp3) is 0.562. The highest BCUT2D eigenvalue weighted by Gasteiger charge is 2.31. The highest BCUT2D eigenvalue weighted by atomic mass is 32.2. The lowest BCUT2D eigenvalue weighted by Crippen LogP contribution is -2.25. The van der Waals surface area contributed by atoms with Crippen molar-refractivity contribution >= 4 is 11.8 Å². The molecular weight excluding hydrogens is 254 g/mol. The summed E-state index contributed by atoms with van der Waals surface area (Å²) in [7, 11) is 0. The van der Waals surface area contributed by atoms with E-state index >= 15 is 0 Å². The molecule has 0 heterocycles. The Morgan fingerprint density at radius 3 is 2.74 bits per heavy atom. The Hall–Kier alpha value is -0.980. The topological polar surface area (TPSA) is 44.0 Å². The van der Waals surface area contributed by atoms with Gasteiger partial charge in [-0.3, -0.25) is 0 Å².